The van der Waals surface area contributed by atoms with Gasteiger partial charge in [0.2, 0.25) is 0 Å². The Labute approximate surface area is 100 Å². The Morgan fingerprint density at radius 3 is 2.94 bits per heavy atom. The molecule has 0 spiro atoms. The number of nitrogens with zero attached hydrogens (tertiary/aromatic N) is 1. The average molecular weight is 236 g/mol. The van der Waals surface area contributed by atoms with Crippen molar-refractivity contribution >= 4 is 11.6 Å². The molecular weight excluding hydrogens is 220 g/mol. The third-order valence-electron chi connectivity index (χ3n) is 2.72. The lowest BCUT2D eigenvalue weighted by Gasteiger charge is -2.26. The van der Waals surface area contributed by atoms with Crippen molar-refractivity contribution in [3.63, 3.8) is 0 Å². The van der Waals surface area contributed by atoms with Gasteiger partial charge in [-0.2, -0.15) is 0 Å². The van der Waals surface area contributed by atoms with Gasteiger partial charge >= 0.3 is 0 Å². The highest BCUT2D eigenvalue weighted by molar-refractivity contribution is 5.99. The molecular formula is C12H16N2O3. The predicted octanol–water partition coefficient (Wildman–Crippen LogP) is 1.45. The van der Waals surface area contributed by atoms with Crippen molar-refractivity contribution in [3.8, 4) is 5.75 Å². The lowest BCUT2D eigenvalue weighted by Crippen LogP contribution is -2.36. The number of nitrogen functional groups attached to an aromatic ring is 1. The largest absolute Gasteiger partial charge is 0.497 e. The molecule has 5 nitrogen and oxygen atoms in total. The number of hydroxylamine groups is 2. The number of hydrogen-bond acceptors (Lipinski definition) is 4. The van der Waals surface area contributed by atoms with E-state index in [-0.39, 0.29) is 5.91 Å². The number of anilines is 1. The molecule has 2 N–H and O–H groups in total. The second-order valence-corrected chi connectivity index (χ2v) is 3.90. The van der Waals surface area contributed by atoms with Gasteiger partial charge in [0.05, 0.1) is 19.3 Å². The lowest BCUT2D eigenvalue weighted by molar-refractivity contribution is -0.144. The molecule has 5 heteroatoms. The summed E-state index contributed by atoms with van der Waals surface area (Å²) in [6.07, 6.45) is 1.94. The third-order valence-corrected chi connectivity index (χ3v) is 2.72. The van der Waals surface area contributed by atoms with Crippen molar-refractivity contribution in [2.24, 2.45) is 0 Å². The van der Waals surface area contributed by atoms with Gasteiger partial charge in [0.15, 0.2) is 0 Å². The second-order valence-electron chi connectivity index (χ2n) is 3.90. The molecule has 1 aromatic carbocycles. The van der Waals surface area contributed by atoms with Crippen LogP contribution in [-0.2, 0) is 4.84 Å². The minimum Gasteiger partial charge on any atom is -0.497 e. The molecule has 0 radical (unpaired) electrons. The Kier molecular flexibility index (Phi) is 3.49. The highest BCUT2D eigenvalue weighted by atomic mass is 16.7. The molecule has 0 aliphatic carbocycles. The zero-order valence-electron chi connectivity index (χ0n) is 9.81. The van der Waals surface area contributed by atoms with Gasteiger partial charge in [-0.15, -0.1) is 0 Å². The van der Waals surface area contributed by atoms with Crippen molar-refractivity contribution in [1.82, 2.24) is 5.06 Å². The van der Waals surface area contributed by atoms with E-state index in [4.69, 9.17) is 15.3 Å². The minimum atomic E-state index is -0.207. The maximum absolute atomic E-state index is 12.2. The Balaban J connectivity index is 2.22. The summed E-state index contributed by atoms with van der Waals surface area (Å²) in [4.78, 5) is 17.5. The number of ether oxygens (including phenoxy) is 1. The first-order valence-electron chi connectivity index (χ1n) is 5.60. The monoisotopic (exact) mass is 236 g/mol. The molecule has 1 fully saturated rings. The number of carbonyl (C=O) groups is 1. The van der Waals surface area contributed by atoms with Crippen LogP contribution < -0.4 is 10.5 Å². The normalized spacial score (nSPS) is 15.7. The van der Waals surface area contributed by atoms with E-state index in [2.05, 4.69) is 0 Å². The molecule has 1 aliphatic rings. The molecule has 1 aliphatic heterocycles. The summed E-state index contributed by atoms with van der Waals surface area (Å²) in [5.41, 5.74) is 6.65. The summed E-state index contributed by atoms with van der Waals surface area (Å²) in [6, 6.07) is 5.02. The summed E-state index contributed by atoms with van der Waals surface area (Å²) in [6.45, 7) is 1.19. The summed E-state index contributed by atoms with van der Waals surface area (Å²) in [5, 5.41) is 1.37. The molecule has 0 bridgehead atoms. The van der Waals surface area contributed by atoms with Gasteiger partial charge in [-0.25, -0.2) is 5.06 Å². The first kappa shape index (κ1) is 11.7. The number of nitrogens with two attached hydrogens (primary N) is 1. The number of rotatable bonds is 2. The molecule has 0 aromatic heterocycles. The Hall–Kier alpha value is -1.75. The number of amides is 1. The van der Waals surface area contributed by atoms with Gasteiger partial charge in [-0.3, -0.25) is 9.63 Å². The quantitative estimate of drug-likeness (QED) is 0.789. The van der Waals surface area contributed by atoms with E-state index in [9.17, 15) is 4.79 Å². The SMILES string of the molecule is COc1ccc(N)c(C(=O)N2CCCCO2)c1. The van der Waals surface area contributed by atoms with Crippen LogP contribution in [0.15, 0.2) is 18.2 Å². The molecule has 92 valence electrons. The molecule has 17 heavy (non-hydrogen) atoms. The van der Waals surface area contributed by atoms with E-state index in [0.29, 0.717) is 30.2 Å². The van der Waals surface area contributed by atoms with Gasteiger partial charge in [-0.05, 0) is 31.0 Å². The van der Waals surface area contributed by atoms with Gasteiger partial charge in [0.1, 0.15) is 5.75 Å². The van der Waals surface area contributed by atoms with Crippen LogP contribution in [0.4, 0.5) is 5.69 Å². The maximum Gasteiger partial charge on any atom is 0.279 e. The standard InChI is InChI=1S/C12H16N2O3/c1-16-9-4-5-11(13)10(8-9)12(15)14-6-2-3-7-17-14/h4-5,8H,2-3,6-7,13H2,1H3. The van der Waals surface area contributed by atoms with Crippen LogP contribution in [0.3, 0.4) is 0 Å². The molecule has 0 saturated carbocycles. The zero-order valence-corrected chi connectivity index (χ0v) is 9.81. The summed E-state index contributed by atoms with van der Waals surface area (Å²) in [5.74, 6) is 0.403. The first-order chi connectivity index (χ1) is 8.22. The van der Waals surface area contributed by atoms with E-state index in [1.807, 2.05) is 0 Å². The van der Waals surface area contributed by atoms with Gasteiger partial charge in [0.25, 0.3) is 5.91 Å². The summed E-state index contributed by atoms with van der Waals surface area (Å²) in [7, 11) is 1.55. The van der Waals surface area contributed by atoms with Gasteiger partial charge in [0, 0.05) is 12.2 Å². The fraction of sp³-hybridized carbons (Fsp3) is 0.417. The fourth-order valence-corrected chi connectivity index (χ4v) is 1.74. The Morgan fingerprint density at radius 1 is 1.47 bits per heavy atom. The van der Waals surface area contributed by atoms with E-state index in [1.54, 1.807) is 25.3 Å². The van der Waals surface area contributed by atoms with E-state index < -0.39 is 0 Å². The molecule has 0 unspecified atom stereocenters. The fourth-order valence-electron chi connectivity index (χ4n) is 1.74. The number of hydrogen-bond donors (Lipinski definition) is 1. The van der Waals surface area contributed by atoms with Crippen LogP contribution in [0.2, 0.25) is 0 Å². The molecule has 2 rings (SSSR count). The van der Waals surface area contributed by atoms with E-state index in [0.717, 1.165) is 12.8 Å². The van der Waals surface area contributed by atoms with Gasteiger partial charge in [-0.1, -0.05) is 0 Å². The summed E-state index contributed by atoms with van der Waals surface area (Å²) < 4.78 is 5.08. The van der Waals surface area contributed by atoms with E-state index in [1.165, 1.54) is 5.06 Å². The van der Waals surface area contributed by atoms with E-state index >= 15 is 0 Å². The van der Waals surface area contributed by atoms with Gasteiger partial charge < -0.3 is 10.5 Å². The minimum absolute atomic E-state index is 0.207. The lowest BCUT2D eigenvalue weighted by atomic mass is 10.1. The van der Waals surface area contributed by atoms with Crippen LogP contribution in [-0.4, -0.2) is 31.2 Å². The van der Waals surface area contributed by atoms with Crippen LogP contribution >= 0.6 is 0 Å². The zero-order chi connectivity index (χ0) is 12.3. The van der Waals surface area contributed by atoms with Crippen LogP contribution in [0, 0.1) is 0 Å². The van der Waals surface area contributed by atoms with Crippen LogP contribution in [0.1, 0.15) is 23.2 Å². The predicted molar refractivity (Wildman–Crippen MR) is 63.6 cm³/mol. The number of methoxy groups -OCH3 is 1. The van der Waals surface area contributed by atoms with Crippen LogP contribution in [0.5, 0.6) is 5.75 Å². The van der Waals surface area contributed by atoms with Crippen molar-refractivity contribution < 1.29 is 14.4 Å². The number of carbonyl (C=O) groups excluding carboxylic acids is 1. The number of benzene rings is 1. The third kappa shape index (κ3) is 2.50. The highest BCUT2D eigenvalue weighted by Crippen LogP contribution is 2.22. The summed E-state index contributed by atoms with van der Waals surface area (Å²) >= 11 is 0. The topological polar surface area (TPSA) is 64.8 Å². The first-order valence-corrected chi connectivity index (χ1v) is 5.60. The van der Waals surface area contributed by atoms with Crippen LogP contribution in [0.25, 0.3) is 0 Å². The second kappa shape index (κ2) is 5.05. The van der Waals surface area contributed by atoms with Crippen molar-refractivity contribution in [2.45, 2.75) is 12.8 Å². The van der Waals surface area contributed by atoms with Crippen molar-refractivity contribution in [1.29, 1.82) is 0 Å². The molecule has 1 amide bonds. The molecule has 1 saturated heterocycles. The molecule has 1 heterocycles. The van der Waals surface area contributed by atoms with Crippen molar-refractivity contribution in [3.05, 3.63) is 23.8 Å². The Morgan fingerprint density at radius 2 is 2.29 bits per heavy atom. The smallest absolute Gasteiger partial charge is 0.279 e. The molecule has 1 aromatic rings. The highest BCUT2D eigenvalue weighted by Gasteiger charge is 2.21. The molecule has 0 atom stereocenters. The average Bonchev–Trinajstić information content (AvgIpc) is 2.39. The van der Waals surface area contributed by atoms with Crippen molar-refractivity contribution in [2.75, 3.05) is 26.0 Å². The maximum atomic E-state index is 12.2. The Bertz CT molecular complexity index is 414.